The van der Waals surface area contributed by atoms with Crippen LogP contribution in [0.2, 0.25) is 0 Å². The van der Waals surface area contributed by atoms with E-state index in [9.17, 15) is 0 Å². The number of nitrogen functional groups attached to an aromatic ring is 1. The molecule has 2 aromatic heterocycles. The SMILES string of the molecule is CCc1c(N)c(CON)nn1Cc1ccccn1. The molecular formula is C12H17N5O. The van der Waals surface area contributed by atoms with Gasteiger partial charge in [-0.05, 0) is 18.6 Å². The zero-order valence-corrected chi connectivity index (χ0v) is 10.3. The second-order valence-electron chi connectivity index (χ2n) is 3.95. The molecule has 0 fully saturated rings. The van der Waals surface area contributed by atoms with Crippen LogP contribution < -0.4 is 11.6 Å². The number of aromatic nitrogens is 3. The lowest BCUT2D eigenvalue weighted by atomic mass is 10.2. The van der Waals surface area contributed by atoms with Crippen molar-refractivity contribution in [1.82, 2.24) is 14.8 Å². The first-order valence-corrected chi connectivity index (χ1v) is 5.81. The van der Waals surface area contributed by atoms with E-state index in [0.717, 1.165) is 17.8 Å². The fraction of sp³-hybridized carbons (Fsp3) is 0.333. The molecule has 0 radical (unpaired) electrons. The monoisotopic (exact) mass is 247 g/mol. The highest BCUT2D eigenvalue weighted by atomic mass is 16.6. The summed E-state index contributed by atoms with van der Waals surface area (Å²) in [4.78, 5) is 8.88. The van der Waals surface area contributed by atoms with Gasteiger partial charge in [-0.15, -0.1) is 0 Å². The fourth-order valence-electron chi connectivity index (χ4n) is 1.90. The van der Waals surface area contributed by atoms with E-state index in [-0.39, 0.29) is 6.61 Å². The van der Waals surface area contributed by atoms with Gasteiger partial charge in [0.1, 0.15) is 12.3 Å². The fourth-order valence-corrected chi connectivity index (χ4v) is 1.90. The molecule has 0 amide bonds. The molecule has 6 nitrogen and oxygen atoms in total. The molecule has 0 saturated carbocycles. The molecule has 0 unspecified atom stereocenters. The van der Waals surface area contributed by atoms with E-state index < -0.39 is 0 Å². The zero-order valence-electron chi connectivity index (χ0n) is 10.3. The van der Waals surface area contributed by atoms with Gasteiger partial charge in [-0.2, -0.15) is 5.10 Å². The average Bonchev–Trinajstić information content (AvgIpc) is 2.67. The molecule has 0 spiro atoms. The van der Waals surface area contributed by atoms with Crippen LogP contribution in [-0.2, 0) is 24.4 Å². The lowest BCUT2D eigenvalue weighted by molar-refractivity contribution is 0.121. The third-order valence-electron chi connectivity index (χ3n) is 2.77. The number of rotatable bonds is 5. The van der Waals surface area contributed by atoms with Gasteiger partial charge in [-0.3, -0.25) is 14.5 Å². The third kappa shape index (κ3) is 2.49. The van der Waals surface area contributed by atoms with Crippen molar-refractivity contribution in [2.24, 2.45) is 5.90 Å². The highest BCUT2D eigenvalue weighted by Crippen LogP contribution is 2.19. The minimum atomic E-state index is 0.216. The Morgan fingerprint density at radius 2 is 2.22 bits per heavy atom. The first-order valence-electron chi connectivity index (χ1n) is 5.81. The van der Waals surface area contributed by atoms with Crippen molar-refractivity contribution in [2.75, 3.05) is 5.73 Å². The molecule has 0 bridgehead atoms. The first kappa shape index (κ1) is 12.5. The molecule has 2 aromatic rings. The molecule has 2 rings (SSSR count). The number of hydrogen-bond acceptors (Lipinski definition) is 5. The van der Waals surface area contributed by atoms with Gasteiger partial charge in [0.2, 0.25) is 0 Å². The highest BCUT2D eigenvalue weighted by Gasteiger charge is 2.14. The van der Waals surface area contributed by atoms with Crippen LogP contribution in [0.25, 0.3) is 0 Å². The predicted molar refractivity (Wildman–Crippen MR) is 68.3 cm³/mol. The van der Waals surface area contributed by atoms with Crippen LogP contribution in [0.4, 0.5) is 5.69 Å². The Balaban J connectivity index is 2.29. The molecular weight excluding hydrogens is 230 g/mol. The summed E-state index contributed by atoms with van der Waals surface area (Å²) in [5, 5.41) is 4.41. The average molecular weight is 247 g/mol. The van der Waals surface area contributed by atoms with Crippen molar-refractivity contribution >= 4 is 5.69 Å². The summed E-state index contributed by atoms with van der Waals surface area (Å²) in [5.41, 5.74) is 9.26. The Morgan fingerprint density at radius 1 is 1.39 bits per heavy atom. The lowest BCUT2D eigenvalue weighted by Crippen LogP contribution is -2.08. The van der Waals surface area contributed by atoms with E-state index in [2.05, 4.69) is 14.9 Å². The molecule has 0 aromatic carbocycles. The van der Waals surface area contributed by atoms with Crippen molar-refractivity contribution in [2.45, 2.75) is 26.5 Å². The largest absolute Gasteiger partial charge is 0.396 e. The van der Waals surface area contributed by atoms with E-state index in [4.69, 9.17) is 11.6 Å². The summed E-state index contributed by atoms with van der Waals surface area (Å²) in [7, 11) is 0. The maximum atomic E-state index is 6.02. The molecule has 96 valence electrons. The summed E-state index contributed by atoms with van der Waals surface area (Å²) in [6, 6.07) is 5.79. The van der Waals surface area contributed by atoms with E-state index in [1.54, 1.807) is 6.20 Å². The minimum absolute atomic E-state index is 0.216. The van der Waals surface area contributed by atoms with Gasteiger partial charge < -0.3 is 5.73 Å². The van der Waals surface area contributed by atoms with Crippen LogP contribution in [0.1, 0.15) is 24.0 Å². The van der Waals surface area contributed by atoms with Crippen molar-refractivity contribution in [1.29, 1.82) is 0 Å². The summed E-state index contributed by atoms with van der Waals surface area (Å²) in [6.45, 7) is 2.85. The van der Waals surface area contributed by atoms with Gasteiger partial charge in [-0.1, -0.05) is 13.0 Å². The van der Waals surface area contributed by atoms with Crippen molar-refractivity contribution < 1.29 is 4.84 Å². The number of anilines is 1. The Kier molecular flexibility index (Phi) is 3.91. The maximum absolute atomic E-state index is 6.02. The summed E-state index contributed by atoms with van der Waals surface area (Å²) in [5.74, 6) is 5.07. The van der Waals surface area contributed by atoms with Gasteiger partial charge in [0.05, 0.1) is 23.6 Å². The van der Waals surface area contributed by atoms with Crippen LogP contribution in [0.5, 0.6) is 0 Å². The number of pyridine rings is 1. The van der Waals surface area contributed by atoms with Crippen LogP contribution in [0, 0.1) is 0 Å². The second kappa shape index (κ2) is 5.61. The molecule has 18 heavy (non-hydrogen) atoms. The zero-order chi connectivity index (χ0) is 13.0. The quantitative estimate of drug-likeness (QED) is 0.764. The van der Waals surface area contributed by atoms with Crippen LogP contribution in [0.3, 0.4) is 0 Å². The van der Waals surface area contributed by atoms with Gasteiger partial charge in [0.25, 0.3) is 0 Å². The summed E-state index contributed by atoms with van der Waals surface area (Å²) < 4.78 is 1.85. The number of nitrogens with zero attached hydrogens (tertiary/aromatic N) is 3. The second-order valence-corrected chi connectivity index (χ2v) is 3.95. The maximum Gasteiger partial charge on any atom is 0.114 e. The van der Waals surface area contributed by atoms with E-state index >= 15 is 0 Å². The van der Waals surface area contributed by atoms with Gasteiger partial charge >= 0.3 is 0 Å². The van der Waals surface area contributed by atoms with Gasteiger partial charge in [0, 0.05) is 6.20 Å². The van der Waals surface area contributed by atoms with Crippen molar-refractivity contribution in [3.05, 3.63) is 41.5 Å². The Labute approximate surface area is 106 Å². The van der Waals surface area contributed by atoms with Crippen LogP contribution >= 0.6 is 0 Å². The molecule has 0 aliphatic heterocycles. The molecule has 4 N–H and O–H groups in total. The molecule has 0 aliphatic carbocycles. The molecule has 0 saturated heterocycles. The number of hydrogen-bond donors (Lipinski definition) is 2. The van der Waals surface area contributed by atoms with Gasteiger partial charge in [0.15, 0.2) is 0 Å². The first-order chi connectivity index (χ1) is 8.76. The topological polar surface area (TPSA) is 92.0 Å². The normalized spacial score (nSPS) is 10.8. The smallest absolute Gasteiger partial charge is 0.114 e. The highest BCUT2D eigenvalue weighted by molar-refractivity contribution is 5.48. The van der Waals surface area contributed by atoms with Crippen LogP contribution in [0.15, 0.2) is 24.4 Å². The Bertz CT molecular complexity index is 509. The lowest BCUT2D eigenvalue weighted by Gasteiger charge is -2.05. The van der Waals surface area contributed by atoms with E-state index in [1.807, 2.05) is 29.8 Å². The molecule has 2 heterocycles. The number of nitrogens with two attached hydrogens (primary N) is 2. The van der Waals surface area contributed by atoms with Crippen LogP contribution in [-0.4, -0.2) is 14.8 Å². The third-order valence-corrected chi connectivity index (χ3v) is 2.77. The molecule has 6 heteroatoms. The van der Waals surface area contributed by atoms with Crippen molar-refractivity contribution in [3.8, 4) is 0 Å². The molecule has 0 aliphatic rings. The minimum Gasteiger partial charge on any atom is -0.396 e. The van der Waals surface area contributed by atoms with E-state index in [0.29, 0.717) is 17.9 Å². The summed E-state index contributed by atoms with van der Waals surface area (Å²) >= 11 is 0. The predicted octanol–water partition coefficient (Wildman–Crippen LogP) is 0.861. The van der Waals surface area contributed by atoms with Crippen molar-refractivity contribution in [3.63, 3.8) is 0 Å². The Morgan fingerprint density at radius 3 is 2.83 bits per heavy atom. The Hall–Kier alpha value is -1.92. The van der Waals surface area contributed by atoms with E-state index in [1.165, 1.54) is 0 Å². The molecule has 0 atom stereocenters. The standard InChI is InChI=1S/C12H17N5O/c1-2-11-12(13)10(8-18-14)16-17(11)7-9-5-3-4-6-15-9/h3-6H,2,7-8,13-14H2,1H3. The summed E-state index contributed by atoms with van der Waals surface area (Å²) in [6.07, 6.45) is 2.56. The van der Waals surface area contributed by atoms with Gasteiger partial charge in [-0.25, -0.2) is 5.90 Å².